The Morgan fingerprint density at radius 2 is 1.87 bits per heavy atom. The molecule has 9 nitrogen and oxygen atoms in total. The molecule has 9 heteroatoms. The summed E-state index contributed by atoms with van der Waals surface area (Å²) in [5.41, 5.74) is 1.34. The lowest BCUT2D eigenvalue weighted by atomic mass is 10.1. The van der Waals surface area contributed by atoms with E-state index in [4.69, 9.17) is 23.4 Å². The molecule has 200 valence electrons. The Kier molecular flexibility index (Phi) is 7.83. The summed E-state index contributed by atoms with van der Waals surface area (Å²) in [5, 5.41) is 0. The van der Waals surface area contributed by atoms with Gasteiger partial charge >= 0.3 is 0 Å². The smallest absolute Gasteiger partial charge is 0.254 e. The molecular formula is C29H32N2O7. The molecule has 1 fully saturated rings. The molecule has 1 unspecified atom stereocenters. The average molecular weight is 521 g/mol. The van der Waals surface area contributed by atoms with Gasteiger partial charge < -0.3 is 33.2 Å². The third-order valence-electron chi connectivity index (χ3n) is 6.68. The molecule has 0 bridgehead atoms. The highest BCUT2D eigenvalue weighted by atomic mass is 16.7. The second-order valence-corrected chi connectivity index (χ2v) is 9.50. The fourth-order valence-electron chi connectivity index (χ4n) is 4.71. The number of benzene rings is 2. The van der Waals surface area contributed by atoms with Gasteiger partial charge in [0.25, 0.3) is 5.91 Å². The molecule has 3 heterocycles. The molecule has 0 aliphatic carbocycles. The lowest BCUT2D eigenvalue weighted by Crippen LogP contribution is -2.45. The molecule has 0 spiro atoms. The Bertz CT molecular complexity index is 1280. The molecule has 2 amide bonds. The van der Waals surface area contributed by atoms with E-state index < -0.39 is 0 Å². The van der Waals surface area contributed by atoms with Crippen LogP contribution in [0.5, 0.6) is 17.2 Å². The highest BCUT2D eigenvalue weighted by Gasteiger charge is 2.28. The summed E-state index contributed by atoms with van der Waals surface area (Å²) in [6.45, 7) is 3.52. The number of aryl methyl sites for hydroxylation is 1. The maximum absolute atomic E-state index is 13.8. The number of fused-ring (bicyclic) bond motifs is 1. The second kappa shape index (κ2) is 11.6. The summed E-state index contributed by atoms with van der Waals surface area (Å²) in [7, 11) is 1.56. The molecule has 0 N–H and O–H groups in total. The number of furan rings is 1. The topological polar surface area (TPSA) is 90.7 Å². The zero-order chi connectivity index (χ0) is 26.5. The maximum Gasteiger partial charge on any atom is 0.254 e. The highest BCUT2D eigenvalue weighted by Crippen LogP contribution is 2.33. The number of rotatable bonds is 10. The van der Waals surface area contributed by atoms with Crippen molar-refractivity contribution in [3.05, 3.63) is 77.2 Å². The van der Waals surface area contributed by atoms with Crippen LogP contribution >= 0.6 is 0 Å². The van der Waals surface area contributed by atoms with Crippen LogP contribution < -0.4 is 14.2 Å². The number of hydrogen-bond donors (Lipinski definition) is 0. The molecule has 0 radical (unpaired) electrons. The van der Waals surface area contributed by atoms with Gasteiger partial charge in [0.1, 0.15) is 23.8 Å². The number of amides is 2. The van der Waals surface area contributed by atoms with Gasteiger partial charge in [0.15, 0.2) is 11.5 Å². The number of hydrogen-bond acceptors (Lipinski definition) is 7. The van der Waals surface area contributed by atoms with Crippen LogP contribution in [0.4, 0.5) is 0 Å². The first kappa shape index (κ1) is 25.7. The Labute approximate surface area is 221 Å². The van der Waals surface area contributed by atoms with E-state index in [1.165, 1.54) is 0 Å². The second-order valence-electron chi connectivity index (χ2n) is 9.50. The fourth-order valence-corrected chi connectivity index (χ4v) is 4.71. The predicted molar refractivity (Wildman–Crippen MR) is 138 cm³/mol. The minimum atomic E-state index is -0.246. The van der Waals surface area contributed by atoms with Crippen LogP contribution in [0.3, 0.4) is 0 Å². The maximum atomic E-state index is 13.8. The van der Waals surface area contributed by atoms with Crippen molar-refractivity contribution >= 4 is 11.8 Å². The van der Waals surface area contributed by atoms with Crippen molar-refractivity contribution in [2.75, 3.05) is 33.6 Å². The average Bonchev–Trinajstić information content (AvgIpc) is 3.70. The predicted octanol–water partition coefficient (Wildman–Crippen LogP) is 4.18. The number of nitrogens with zero attached hydrogens (tertiary/aromatic N) is 2. The minimum absolute atomic E-state index is 0.0971. The Morgan fingerprint density at radius 1 is 1.00 bits per heavy atom. The lowest BCUT2D eigenvalue weighted by molar-refractivity contribution is -0.133. The highest BCUT2D eigenvalue weighted by molar-refractivity contribution is 5.97. The standard InChI is InChI=1S/C29H32N2O7/c1-20-8-10-25(38-20)17-30(15-21-9-11-26-27(13-21)37-19-36-26)28(32)18-31(16-24-7-4-12-35-24)29(33)22-5-3-6-23(14-22)34-2/h3,5-6,8-11,13-14,24H,4,7,12,15-19H2,1-2H3. The molecule has 2 aliphatic rings. The monoisotopic (exact) mass is 520 g/mol. The van der Waals surface area contributed by atoms with Gasteiger partial charge in [-0.1, -0.05) is 12.1 Å². The summed E-state index contributed by atoms with van der Waals surface area (Å²) >= 11 is 0. The molecule has 2 aromatic carbocycles. The molecule has 5 rings (SSSR count). The Balaban J connectivity index is 1.38. The van der Waals surface area contributed by atoms with E-state index in [-0.39, 0.29) is 37.8 Å². The van der Waals surface area contributed by atoms with Crippen LogP contribution in [0.2, 0.25) is 0 Å². The van der Waals surface area contributed by atoms with Gasteiger partial charge in [-0.25, -0.2) is 0 Å². The minimum Gasteiger partial charge on any atom is -0.497 e. The number of carbonyl (C=O) groups is 2. The van der Waals surface area contributed by atoms with E-state index >= 15 is 0 Å². The summed E-state index contributed by atoms with van der Waals surface area (Å²) < 4.78 is 27.8. The van der Waals surface area contributed by atoms with Crippen molar-refractivity contribution in [2.24, 2.45) is 0 Å². The summed E-state index contributed by atoms with van der Waals surface area (Å²) in [5.74, 6) is 2.90. The van der Waals surface area contributed by atoms with E-state index in [2.05, 4.69) is 0 Å². The van der Waals surface area contributed by atoms with Crippen molar-refractivity contribution in [3.63, 3.8) is 0 Å². The molecule has 0 saturated carbocycles. The van der Waals surface area contributed by atoms with Crippen LogP contribution in [0.25, 0.3) is 0 Å². The Morgan fingerprint density at radius 3 is 2.63 bits per heavy atom. The number of ether oxygens (including phenoxy) is 4. The molecule has 2 aliphatic heterocycles. The molecule has 38 heavy (non-hydrogen) atoms. The van der Waals surface area contributed by atoms with Crippen molar-refractivity contribution in [1.82, 2.24) is 9.80 Å². The first-order chi connectivity index (χ1) is 18.5. The van der Waals surface area contributed by atoms with Gasteiger partial charge in [-0.3, -0.25) is 9.59 Å². The molecule has 1 atom stereocenters. The first-order valence-electron chi connectivity index (χ1n) is 12.7. The zero-order valence-electron chi connectivity index (χ0n) is 21.7. The van der Waals surface area contributed by atoms with E-state index in [1.807, 2.05) is 37.3 Å². The van der Waals surface area contributed by atoms with Crippen LogP contribution in [0, 0.1) is 6.92 Å². The van der Waals surface area contributed by atoms with Crippen molar-refractivity contribution in [1.29, 1.82) is 0 Å². The normalized spacial score (nSPS) is 15.9. The van der Waals surface area contributed by atoms with Crippen molar-refractivity contribution in [2.45, 2.75) is 39.0 Å². The van der Waals surface area contributed by atoms with Gasteiger partial charge in [-0.05, 0) is 67.8 Å². The van der Waals surface area contributed by atoms with Crippen molar-refractivity contribution < 1.29 is 33.0 Å². The van der Waals surface area contributed by atoms with E-state index in [0.717, 1.165) is 24.2 Å². The van der Waals surface area contributed by atoms with E-state index in [1.54, 1.807) is 41.2 Å². The van der Waals surface area contributed by atoms with E-state index in [9.17, 15) is 9.59 Å². The Hall–Kier alpha value is -3.98. The van der Waals surface area contributed by atoms with Gasteiger partial charge in [0.05, 0.1) is 19.8 Å². The van der Waals surface area contributed by atoms with Crippen LogP contribution in [-0.4, -0.2) is 61.3 Å². The van der Waals surface area contributed by atoms with Gasteiger partial charge in [0.2, 0.25) is 12.7 Å². The third kappa shape index (κ3) is 6.11. The zero-order valence-corrected chi connectivity index (χ0v) is 21.7. The molecule has 1 aromatic heterocycles. The lowest BCUT2D eigenvalue weighted by Gasteiger charge is -2.29. The molecule has 1 saturated heterocycles. The fraction of sp³-hybridized carbons (Fsp3) is 0.379. The quantitative estimate of drug-likeness (QED) is 0.396. The SMILES string of the molecule is COc1cccc(C(=O)N(CC(=O)N(Cc2ccc3c(c2)OCO3)Cc2ccc(C)o2)CC2CCCO2)c1. The van der Waals surface area contributed by atoms with Crippen LogP contribution in [0.15, 0.2) is 59.0 Å². The first-order valence-corrected chi connectivity index (χ1v) is 12.7. The van der Waals surface area contributed by atoms with Crippen LogP contribution in [0.1, 0.15) is 40.3 Å². The van der Waals surface area contributed by atoms with Gasteiger partial charge in [0, 0.05) is 25.3 Å². The van der Waals surface area contributed by atoms with Gasteiger partial charge in [-0.15, -0.1) is 0 Å². The largest absolute Gasteiger partial charge is 0.497 e. The van der Waals surface area contributed by atoms with Crippen LogP contribution in [-0.2, 0) is 22.6 Å². The molecule has 3 aromatic rings. The summed E-state index contributed by atoms with van der Waals surface area (Å²) in [4.78, 5) is 30.7. The summed E-state index contributed by atoms with van der Waals surface area (Å²) in [6.07, 6.45) is 1.68. The molecular weight excluding hydrogens is 488 g/mol. The number of methoxy groups -OCH3 is 1. The number of carbonyl (C=O) groups excluding carboxylic acids is 2. The van der Waals surface area contributed by atoms with E-state index in [0.29, 0.717) is 48.3 Å². The van der Waals surface area contributed by atoms with Gasteiger partial charge in [-0.2, -0.15) is 0 Å². The third-order valence-corrected chi connectivity index (χ3v) is 6.68. The summed E-state index contributed by atoms with van der Waals surface area (Å²) in [6, 6.07) is 16.3. The van der Waals surface area contributed by atoms with Crippen molar-refractivity contribution in [3.8, 4) is 17.2 Å².